The Morgan fingerprint density at radius 3 is 2.25 bits per heavy atom. The van der Waals surface area contributed by atoms with E-state index in [-0.39, 0.29) is 40.2 Å². The lowest BCUT2D eigenvalue weighted by Gasteiger charge is -2.47. The number of phenols is 1. The van der Waals surface area contributed by atoms with E-state index in [1.807, 2.05) is 0 Å². The summed E-state index contributed by atoms with van der Waals surface area (Å²) in [5, 5.41) is 83.0. The average Bonchev–Trinajstić information content (AvgIpc) is 3.09. The first-order chi connectivity index (χ1) is 24.3. The molecule has 0 aliphatic carbocycles. The van der Waals surface area contributed by atoms with Gasteiger partial charge in [0.15, 0.2) is 17.8 Å². The number of ether oxygens (including phenoxy) is 5. The van der Waals surface area contributed by atoms with Crippen LogP contribution in [0, 0.1) is 6.92 Å². The van der Waals surface area contributed by atoms with E-state index < -0.39 is 91.9 Å². The molecule has 278 valence electrons. The molecular formula is C35H42O16. The number of esters is 1. The fourth-order valence-corrected chi connectivity index (χ4v) is 6.26. The minimum absolute atomic E-state index is 0.00597. The Balaban J connectivity index is 1.61. The van der Waals surface area contributed by atoms with Crippen molar-refractivity contribution in [3.63, 3.8) is 0 Å². The molecule has 0 bridgehead atoms. The predicted molar refractivity (Wildman–Crippen MR) is 176 cm³/mol. The molecule has 3 heterocycles. The van der Waals surface area contributed by atoms with Gasteiger partial charge in [-0.05, 0) is 49.2 Å². The Morgan fingerprint density at radius 1 is 0.941 bits per heavy atom. The number of methoxy groups -OCH3 is 1. The van der Waals surface area contributed by atoms with Crippen molar-refractivity contribution in [3.05, 3.63) is 75.1 Å². The van der Waals surface area contributed by atoms with Crippen LogP contribution in [-0.2, 0) is 30.2 Å². The summed E-state index contributed by atoms with van der Waals surface area (Å²) in [6.45, 7) is 1.56. The van der Waals surface area contributed by atoms with Crippen molar-refractivity contribution >= 4 is 23.0 Å². The highest BCUT2D eigenvalue weighted by atomic mass is 16.7. The molecule has 0 radical (unpaired) electrons. The molecule has 2 aromatic carbocycles. The number of carbonyl (C=O) groups excluding carboxylic acids is 1. The highest BCUT2D eigenvalue weighted by Crippen LogP contribution is 2.44. The Kier molecular flexibility index (Phi) is 12.1. The smallest absolute Gasteiger partial charge is 0.331 e. The molecule has 2 aliphatic rings. The number of hydrogen-bond donors (Lipinski definition) is 8. The maximum atomic E-state index is 13.4. The van der Waals surface area contributed by atoms with Crippen molar-refractivity contribution in [3.8, 4) is 11.5 Å². The second kappa shape index (κ2) is 16.2. The zero-order valence-corrected chi connectivity index (χ0v) is 27.9. The van der Waals surface area contributed by atoms with E-state index in [1.54, 1.807) is 6.92 Å². The van der Waals surface area contributed by atoms with Crippen LogP contribution in [0.5, 0.6) is 11.5 Å². The van der Waals surface area contributed by atoms with Gasteiger partial charge in [-0.3, -0.25) is 4.79 Å². The quantitative estimate of drug-likeness (QED) is 0.0905. The van der Waals surface area contributed by atoms with Gasteiger partial charge in [0.1, 0.15) is 71.7 Å². The standard InChI is InChI=1S/C35H42O16/c1-15-10-21(46-3)26(32-25(15)20(40)12-19(47-32)11-16(2)38)33-34(50-24(41)9-6-17-4-7-18(39)8-5-17)30(45)31(23(14-37)48-33)51-35-29(44)28(43)27(42)22(13-36)49-35/h4-10,12,16,22-23,27-31,33-39,42-45H,11,13-14H2,1-3H3/b9-6-/t16-,22+,23+,27+,28-,29+,30-,31+,33-,34+,35-/m0/s1. The van der Waals surface area contributed by atoms with Crippen LogP contribution in [-0.4, -0.2) is 128 Å². The molecule has 2 saturated heterocycles. The molecule has 8 N–H and O–H groups in total. The first-order valence-corrected chi connectivity index (χ1v) is 16.2. The first kappa shape index (κ1) is 38.3. The number of aliphatic hydroxyl groups is 7. The largest absolute Gasteiger partial charge is 0.508 e. The van der Waals surface area contributed by atoms with Gasteiger partial charge in [0.05, 0.1) is 37.4 Å². The van der Waals surface area contributed by atoms with E-state index in [0.29, 0.717) is 11.1 Å². The number of rotatable bonds is 11. The van der Waals surface area contributed by atoms with E-state index >= 15 is 0 Å². The Hall–Kier alpha value is -3.94. The van der Waals surface area contributed by atoms with Crippen molar-refractivity contribution in [1.82, 2.24) is 0 Å². The third-order valence-electron chi connectivity index (χ3n) is 8.79. The van der Waals surface area contributed by atoms with Crippen LogP contribution < -0.4 is 10.2 Å². The number of fused-ring (bicyclic) bond motifs is 1. The maximum Gasteiger partial charge on any atom is 0.331 e. The third-order valence-corrected chi connectivity index (χ3v) is 8.79. The lowest BCUT2D eigenvalue weighted by molar-refractivity contribution is -0.343. The van der Waals surface area contributed by atoms with Crippen LogP contribution in [0.3, 0.4) is 0 Å². The Bertz CT molecular complexity index is 1750. The van der Waals surface area contributed by atoms with E-state index in [0.717, 1.165) is 6.08 Å². The molecule has 51 heavy (non-hydrogen) atoms. The topological polar surface area (TPSA) is 255 Å². The molecule has 0 spiro atoms. The summed E-state index contributed by atoms with van der Waals surface area (Å²) >= 11 is 0. The van der Waals surface area contributed by atoms with Crippen LogP contribution in [0.4, 0.5) is 0 Å². The van der Waals surface area contributed by atoms with Crippen LogP contribution >= 0.6 is 0 Å². The molecule has 2 fully saturated rings. The summed E-state index contributed by atoms with van der Waals surface area (Å²) in [5.74, 6) is -0.770. The lowest BCUT2D eigenvalue weighted by atomic mass is 9.88. The van der Waals surface area contributed by atoms with E-state index in [2.05, 4.69) is 0 Å². The monoisotopic (exact) mass is 718 g/mol. The molecular weight excluding hydrogens is 676 g/mol. The summed E-state index contributed by atoms with van der Waals surface area (Å²) in [6, 6.07) is 8.64. The second-order valence-corrected chi connectivity index (χ2v) is 12.5. The van der Waals surface area contributed by atoms with Gasteiger partial charge >= 0.3 is 5.97 Å². The zero-order valence-electron chi connectivity index (χ0n) is 27.9. The molecule has 1 aromatic heterocycles. The average molecular weight is 719 g/mol. The lowest BCUT2D eigenvalue weighted by Crippen LogP contribution is -2.63. The number of aryl methyl sites for hydroxylation is 1. The number of phenolic OH excluding ortho intramolecular Hbond substituents is 1. The number of aromatic hydroxyl groups is 1. The fourth-order valence-electron chi connectivity index (χ4n) is 6.26. The Labute approximate surface area is 291 Å². The molecule has 0 amide bonds. The van der Waals surface area contributed by atoms with Gasteiger partial charge in [-0.2, -0.15) is 0 Å². The van der Waals surface area contributed by atoms with Crippen LogP contribution in [0.2, 0.25) is 0 Å². The molecule has 16 heteroatoms. The number of benzene rings is 2. The highest BCUT2D eigenvalue weighted by Gasteiger charge is 2.53. The highest BCUT2D eigenvalue weighted by molar-refractivity contribution is 5.88. The van der Waals surface area contributed by atoms with Gasteiger partial charge in [0, 0.05) is 18.6 Å². The summed E-state index contributed by atoms with van der Waals surface area (Å²) < 4.78 is 35.1. The summed E-state index contributed by atoms with van der Waals surface area (Å²) in [5.41, 5.74) is 0.471. The van der Waals surface area contributed by atoms with Crippen molar-refractivity contribution in [2.75, 3.05) is 20.3 Å². The maximum absolute atomic E-state index is 13.4. The normalized spacial score (nSPS) is 30.4. The Morgan fingerprint density at radius 2 is 1.63 bits per heavy atom. The van der Waals surface area contributed by atoms with Gasteiger partial charge < -0.3 is 69.0 Å². The summed E-state index contributed by atoms with van der Waals surface area (Å²) in [7, 11) is 1.33. The molecule has 2 aliphatic heterocycles. The number of hydrogen-bond acceptors (Lipinski definition) is 16. The minimum Gasteiger partial charge on any atom is -0.508 e. The van der Waals surface area contributed by atoms with Crippen LogP contribution in [0.1, 0.15) is 35.5 Å². The summed E-state index contributed by atoms with van der Waals surface area (Å²) in [6.07, 6.45) is -15.2. The minimum atomic E-state index is -1.89. The van der Waals surface area contributed by atoms with Crippen molar-refractivity contribution in [2.45, 2.75) is 87.6 Å². The van der Waals surface area contributed by atoms with E-state index in [1.165, 1.54) is 56.5 Å². The zero-order chi connectivity index (χ0) is 37.1. The molecule has 5 rings (SSSR count). The van der Waals surface area contributed by atoms with Gasteiger partial charge in [0.2, 0.25) is 0 Å². The third kappa shape index (κ3) is 8.10. The van der Waals surface area contributed by atoms with Crippen molar-refractivity contribution in [1.29, 1.82) is 0 Å². The first-order valence-electron chi connectivity index (χ1n) is 16.2. The van der Waals surface area contributed by atoms with Crippen LogP contribution in [0.25, 0.3) is 17.0 Å². The van der Waals surface area contributed by atoms with Crippen molar-refractivity contribution < 1.29 is 73.7 Å². The van der Waals surface area contributed by atoms with Gasteiger partial charge in [-0.15, -0.1) is 0 Å². The molecule has 0 saturated carbocycles. The molecule has 16 nitrogen and oxygen atoms in total. The van der Waals surface area contributed by atoms with E-state index in [9.17, 15) is 50.4 Å². The van der Waals surface area contributed by atoms with Crippen LogP contribution in [0.15, 0.2) is 51.7 Å². The van der Waals surface area contributed by atoms with Gasteiger partial charge in [-0.25, -0.2) is 4.79 Å². The molecule has 3 aromatic rings. The van der Waals surface area contributed by atoms with Crippen molar-refractivity contribution in [2.24, 2.45) is 0 Å². The number of carbonyl (C=O) groups is 1. The van der Waals surface area contributed by atoms with E-state index in [4.69, 9.17) is 28.1 Å². The van der Waals surface area contributed by atoms with Gasteiger partial charge in [-0.1, -0.05) is 12.1 Å². The SMILES string of the molecule is COc1cc(C)c2c(=O)cc(C[C@H](C)O)oc2c1[C@@H]1O[C@H](CO)[C@@H](O[C@@H]2O[C@H](CO)[C@@H](O)[C@H](O)[C@H]2O)[C@H](O)[C@H]1OC(=O)/C=C\c1ccc(O)cc1. The molecule has 11 atom stereocenters. The summed E-state index contributed by atoms with van der Waals surface area (Å²) in [4.78, 5) is 26.7. The fraction of sp³-hybridized carbons (Fsp3) is 0.486. The molecule has 0 unspecified atom stereocenters. The second-order valence-electron chi connectivity index (χ2n) is 12.5. The number of aliphatic hydroxyl groups excluding tert-OH is 7. The van der Waals surface area contributed by atoms with Gasteiger partial charge in [0.25, 0.3) is 0 Å². The predicted octanol–water partition coefficient (Wildman–Crippen LogP) is -0.658.